The number of fused-ring (bicyclic) bond motifs is 1. The Labute approximate surface area is 179 Å². The Kier molecular flexibility index (Phi) is 6.12. The SMILES string of the molecule is O=C(COC(=O)COc1ccc2ccccc2c1)Nc1ccc(N2CCCC2=O)cc1. The van der Waals surface area contributed by atoms with Crippen LogP contribution in [0.15, 0.2) is 66.7 Å². The number of amides is 2. The van der Waals surface area contributed by atoms with E-state index in [0.717, 1.165) is 22.9 Å². The molecule has 0 bridgehead atoms. The van der Waals surface area contributed by atoms with Gasteiger partial charge >= 0.3 is 5.97 Å². The monoisotopic (exact) mass is 418 g/mol. The normalized spacial score (nSPS) is 13.3. The topological polar surface area (TPSA) is 84.9 Å². The summed E-state index contributed by atoms with van der Waals surface area (Å²) in [5, 5.41) is 4.74. The maximum atomic E-state index is 12.0. The van der Waals surface area contributed by atoms with Crippen molar-refractivity contribution in [2.75, 3.05) is 30.0 Å². The summed E-state index contributed by atoms with van der Waals surface area (Å²) in [6.45, 7) is 0.0121. The molecule has 0 aliphatic carbocycles. The van der Waals surface area contributed by atoms with Crippen LogP contribution in [0.3, 0.4) is 0 Å². The summed E-state index contributed by atoms with van der Waals surface area (Å²) in [4.78, 5) is 37.4. The summed E-state index contributed by atoms with van der Waals surface area (Å²) in [6, 6.07) is 20.3. The van der Waals surface area contributed by atoms with Crippen LogP contribution in [0, 0.1) is 0 Å². The van der Waals surface area contributed by atoms with Gasteiger partial charge in [-0.25, -0.2) is 4.79 Å². The molecule has 0 radical (unpaired) electrons. The number of ether oxygens (including phenoxy) is 2. The van der Waals surface area contributed by atoms with Crippen LogP contribution in [0.5, 0.6) is 5.75 Å². The summed E-state index contributed by atoms with van der Waals surface area (Å²) in [5.41, 5.74) is 1.36. The smallest absolute Gasteiger partial charge is 0.344 e. The van der Waals surface area contributed by atoms with Gasteiger partial charge < -0.3 is 19.7 Å². The molecule has 1 saturated heterocycles. The molecule has 1 aliphatic rings. The number of nitrogens with zero attached hydrogens (tertiary/aromatic N) is 1. The first-order chi connectivity index (χ1) is 15.1. The van der Waals surface area contributed by atoms with Crippen molar-refractivity contribution in [3.05, 3.63) is 66.7 Å². The third kappa shape index (κ3) is 5.19. The third-order valence-corrected chi connectivity index (χ3v) is 4.98. The van der Waals surface area contributed by atoms with Crippen LogP contribution < -0.4 is 15.0 Å². The number of anilines is 2. The van der Waals surface area contributed by atoms with Crippen LogP contribution in [-0.4, -0.2) is 37.5 Å². The van der Waals surface area contributed by atoms with E-state index in [1.165, 1.54) is 0 Å². The van der Waals surface area contributed by atoms with E-state index >= 15 is 0 Å². The standard InChI is InChI=1S/C24H22N2O5/c27-22(25-19-8-10-20(11-9-19)26-13-3-6-23(26)28)15-31-24(29)16-30-21-12-7-17-4-1-2-5-18(17)14-21/h1-2,4-5,7-12,14H,3,6,13,15-16H2,(H,25,27). The zero-order chi connectivity index (χ0) is 21.6. The maximum absolute atomic E-state index is 12.0. The second-order valence-electron chi connectivity index (χ2n) is 7.20. The fraction of sp³-hybridized carbons (Fsp3) is 0.208. The number of carbonyl (C=O) groups excluding carboxylic acids is 3. The first kappa shape index (κ1) is 20.4. The van der Waals surface area contributed by atoms with E-state index in [-0.39, 0.29) is 12.5 Å². The molecule has 7 nitrogen and oxygen atoms in total. The van der Waals surface area contributed by atoms with Crippen LogP contribution in [0.1, 0.15) is 12.8 Å². The van der Waals surface area contributed by atoms with E-state index in [0.29, 0.717) is 24.4 Å². The molecule has 1 aliphatic heterocycles. The van der Waals surface area contributed by atoms with Crippen molar-refractivity contribution in [1.29, 1.82) is 0 Å². The van der Waals surface area contributed by atoms with Gasteiger partial charge in [-0.1, -0.05) is 30.3 Å². The molecule has 7 heteroatoms. The Morgan fingerprint density at radius 3 is 2.45 bits per heavy atom. The number of nitrogens with one attached hydrogen (secondary N) is 1. The molecule has 4 rings (SSSR count). The molecular formula is C24H22N2O5. The van der Waals surface area contributed by atoms with Crippen LogP contribution in [0.4, 0.5) is 11.4 Å². The van der Waals surface area contributed by atoms with E-state index < -0.39 is 18.5 Å². The lowest BCUT2D eigenvalue weighted by molar-refractivity contribution is -0.149. The highest BCUT2D eigenvalue weighted by molar-refractivity contribution is 5.96. The van der Waals surface area contributed by atoms with Gasteiger partial charge in [-0.05, 0) is 53.6 Å². The molecule has 31 heavy (non-hydrogen) atoms. The van der Waals surface area contributed by atoms with Crippen LogP contribution >= 0.6 is 0 Å². The minimum Gasteiger partial charge on any atom is -0.482 e. The van der Waals surface area contributed by atoms with Crippen LogP contribution in [0.2, 0.25) is 0 Å². The average molecular weight is 418 g/mol. The van der Waals surface area contributed by atoms with Gasteiger partial charge in [0.1, 0.15) is 5.75 Å². The second-order valence-corrected chi connectivity index (χ2v) is 7.20. The highest BCUT2D eigenvalue weighted by atomic mass is 16.6. The molecule has 0 unspecified atom stereocenters. The molecular weight excluding hydrogens is 396 g/mol. The van der Waals surface area contributed by atoms with Gasteiger partial charge in [0.05, 0.1) is 0 Å². The lowest BCUT2D eigenvalue weighted by Gasteiger charge is -2.16. The summed E-state index contributed by atoms with van der Waals surface area (Å²) in [6.07, 6.45) is 1.42. The fourth-order valence-corrected chi connectivity index (χ4v) is 3.43. The largest absolute Gasteiger partial charge is 0.482 e. The Morgan fingerprint density at radius 2 is 1.71 bits per heavy atom. The van der Waals surface area contributed by atoms with Gasteiger partial charge in [-0.2, -0.15) is 0 Å². The van der Waals surface area contributed by atoms with E-state index in [2.05, 4.69) is 5.32 Å². The van der Waals surface area contributed by atoms with Gasteiger partial charge in [0.2, 0.25) is 5.91 Å². The highest BCUT2D eigenvalue weighted by Crippen LogP contribution is 2.23. The van der Waals surface area contributed by atoms with Crippen molar-refractivity contribution in [2.45, 2.75) is 12.8 Å². The van der Waals surface area contributed by atoms with Crippen molar-refractivity contribution in [2.24, 2.45) is 0 Å². The Bertz CT molecular complexity index is 1110. The van der Waals surface area contributed by atoms with Crippen molar-refractivity contribution in [3.63, 3.8) is 0 Å². The van der Waals surface area contributed by atoms with E-state index in [1.54, 1.807) is 35.2 Å². The minimum atomic E-state index is -0.633. The number of benzene rings is 3. The fourth-order valence-electron chi connectivity index (χ4n) is 3.43. The molecule has 1 fully saturated rings. The summed E-state index contributed by atoms with van der Waals surface area (Å²) >= 11 is 0. The molecule has 3 aromatic rings. The van der Waals surface area contributed by atoms with Crippen molar-refractivity contribution < 1.29 is 23.9 Å². The van der Waals surface area contributed by atoms with Gasteiger partial charge in [0.25, 0.3) is 5.91 Å². The molecule has 2 amide bonds. The average Bonchev–Trinajstić information content (AvgIpc) is 3.22. The third-order valence-electron chi connectivity index (χ3n) is 4.98. The summed E-state index contributed by atoms with van der Waals surface area (Å²) < 4.78 is 10.4. The maximum Gasteiger partial charge on any atom is 0.344 e. The molecule has 0 aromatic heterocycles. The van der Waals surface area contributed by atoms with Gasteiger partial charge in [-0.3, -0.25) is 9.59 Å². The predicted molar refractivity (Wildman–Crippen MR) is 117 cm³/mol. The number of rotatable bonds is 7. The Balaban J connectivity index is 1.21. The predicted octanol–water partition coefficient (Wildman–Crippen LogP) is 3.53. The molecule has 0 spiro atoms. The number of hydrogen-bond acceptors (Lipinski definition) is 5. The molecule has 0 atom stereocenters. The zero-order valence-corrected chi connectivity index (χ0v) is 16.9. The highest BCUT2D eigenvalue weighted by Gasteiger charge is 2.21. The van der Waals surface area contributed by atoms with Crippen molar-refractivity contribution in [3.8, 4) is 5.75 Å². The molecule has 3 aromatic carbocycles. The summed E-state index contributed by atoms with van der Waals surface area (Å²) in [7, 11) is 0. The van der Waals surface area contributed by atoms with E-state index in [1.807, 2.05) is 36.4 Å². The zero-order valence-electron chi connectivity index (χ0n) is 16.9. The number of esters is 1. The van der Waals surface area contributed by atoms with Gasteiger partial charge in [-0.15, -0.1) is 0 Å². The first-order valence-corrected chi connectivity index (χ1v) is 10.1. The van der Waals surface area contributed by atoms with Crippen molar-refractivity contribution in [1.82, 2.24) is 0 Å². The quantitative estimate of drug-likeness (QED) is 0.594. The lowest BCUT2D eigenvalue weighted by atomic mass is 10.1. The van der Waals surface area contributed by atoms with E-state index in [4.69, 9.17) is 9.47 Å². The van der Waals surface area contributed by atoms with Crippen LogP contribution in [-0.2, 0) is 19.1 Å². The number of carbonyl (C=O) groups is 3. The Hall–Kier alpha value is -3.87. The van der Waals surface area contributed by atoms with Crippen molar-refractivity contribution >= 4 is 39.9 Å². The summed E-state index contributed by atoms with van der Waals surface area (Å²) in [5.74, 6) is -0.429. The van der Waals surface area contributed by atoms with E-state index in [9.17, 15) is 14.4 Å². The first-order valence-electron chi connectivity index (χ1n) is 10.1. The van der Waals surface area contributed by atoms with Gasteiger partial charge in [0, 0.05) is 24.3 Å². The molecule has 0 saturated carbocycles. The molecule has 1 N–H and O–H groups in total. The number of hydrogen-bond donors (Lipinski definition) is 1. The van der Waals surface area contributed by atoms with Crippen LogP contribution in [0.25, 0.3) is 10.8 Å². The molecule has 158 valence electrons. The van der Waals surface area contributed by atoms with Gasteiger partial charge in [0.15, 0.2) is 13.2 Å². The Morgan fingerprint density at radius 1 is 0.935 bits per heavy atom. The lowest BCUT2D eigenvalue weighted by Crippen LogP contribution is -2.24. The minimum absolute atomic E-state index is 0.106. The molecule has 1 heterocycles. The second kappa shape index (κ2) is 9.30.